The summed E-state index contributed by atoms with van der Waals surface area (Å²) in [5.74, 6) is -0.458. The Morgan fingerprint density at radius 1 is 1.06 bits per heavy atom. The van der Waals surface area contributed by atoms with Crippen LogP contribution in [0.5, 0.6) is 0 Å². The number of rotatable bonds is 5. The molecule has 8 nitrogen and oxygen atoms in total. The molecule has 0 atom stereocenters. The van der Waals surface area contributed by atoms with Crippen molar-refractivity contribution in [2.45, 2.75) is 32.2 Å². The number of methoxy groups -OCH3 is 1. The topological polar surface area (TPSA) is 103 Å². The van der Waals surface area contributed by atoms with Crippen LogP contribution in [-0.2, 0) is 16.1 Å². The van der Waals surface area contributed by atoms with Crippen LogP contribution in [0, 0.1) is 11.8 Å². The fourth-order valence-corrected chi connectivity index (χ4v) is 4.11. The second-order valence-electron chi connectivity index (χ2n) is 7.84. The first kappa shape index (κ1) is 20.7. The number of amides is 1. The molecule has 1 aromatic heterocycles. The Kier molecular flexibility index (Phi) is 6.06. The number of aromatic nitrogens is 3. The van der Waals surface area contributed by atoms with Gasteiger partial charge in [-0.05, 0) is 55.9 Å². The summed E-state index contributed by atoms with van der Waals surface area (Å²) >= 11 is 0. The van der Waals surface area contributed by atoms with Gasteiger partial charge in [-0.1, -0.05) is 29.5 Å². The Balaban J connectivity index is 1.37. The number of nitrogens with zero attached hydrogens (tertiary/aromatic N) is 3. The predicted octanol–water partition coefficient (Wildman–Crippen LogP) is 3.02. The lowest BCUT2D eigenvalue weighted by molar-refractivity contribution is -0.121. The van der Waals surface area contributed by atoms with E-state index in [1.54, 1.807) is 36.4 Å². The smallest absolute Gasteiger partial charge is 0.339 e. The minimum atomic E-state index is -0.485. The number of ether oxygens (including phenoxy) is 1. The number of fused-ring (bicyclic) bond motifs is 1. The summed E-state index contributed by atoms with van der Waals surface area (Å²) in [4.78, 5) is 37.3. The highest BCUT2D eigenvalue weighted by atomic mass is 16.5. The monoisotopic (exact) mass is 420 g/mol. The Morgan fingerprint density at radius 2 is 1.77 bits per heavy atom. The SMILES string of the molecule is COC(=O)c1ccccc1NC(=O)C1CCC(Cn2nnc3ccccc3c2=O)CC1. The molecule has 1 amide bonds. The van der Waals surface area contributed by atoms with E-state index < -0.39 is 5.97 Å². The molecule has 31 heavy (non-hydrogen) atoms. The number of carbonyl (C=O) groups excluding carboxylic acids is 2. The normalized spacial score (nSPS) is 18.5. The van der Waals surface area contributed by atoms with Crippen LogP contribution in [0.3, 0.4) is 0 Å². The van der Waals surface area contributed by atoms with Crippen LogP contribution in [0.4, 0.5) is 5.69 Å². The maximum atomic E-state index is 12.8. The van der Waals surface area contributed by atoms with Gasteiger partial charge in [-0.3, -0.25) is 9.59 Å². The van der Waals surface area contributed by atoms with Crippen LogP contribution < -0.4 is 10.9 Å². The first-order valence-electron chi connectivity index (χ1n) is 10.4. The zero-order valence-corrected chi connectivity index (χ0v) is 17.3. The van der Waals surface area contributed by atoms with E-state index in [9.17, 15) is 14.4 Å². The minimum absolute atomic E-state index is 0.0996. The molecule has 2 aromatic carbocycles. The maximum Gasteiger partial charge on any atom is 0.339 e. The van der Waals surface area contributed by atoms with E-state index >= 15 is 0 Å². The second-order valence-corrected chi connectivity index (χ2v) is 7.84. The van der Waals surface area contributed by atoms with Crippen molar-refractivity contribution in [3.05, 3.63) is 64.4 Å². The van der Waals surface area contributed by atoms with Crippen LogP contribution in [-0.4, -0.2) is 34.0 Å². The van der Waals surface area contributed by atoms with Crippen LogP contribution >= 0.6 is 0 Å². The minimum Gasteiger partial charge on any atom is -0.465 e. The zero-order chi connectivity index (χ0) is 21.8. The average Bonchev–Trinajstić information content (AvgIpc) is 2.81. The molecule has 0 aliphatic heterocycles. The molecule has 0 spiro atoms. The molecule has 1 aliphatic carbocycles. The molecule has 3 aromatic rings. The molecule has 1 fully saturated rings. The van der Waals surface area contributed by atoms with Crippen LogP contribution in [0.2, 0.25) is 0 Å². The molecule has 0 saturated heterocycles. The lowest BCUT2D eigenvalue weighted by Gasteiger charge is -2.27. The number of carbonyl (C=O) groups is 2. The number of benzene rings is 2. The Morgan fingerprint density at radius 3 is 2.55 bits per heavy atom. The van der Waals surface area contributed by atoms with Crippen LogP contribution in [0.25, 0.3) is 10.9 Å². The highest BCUT2D eigenvalue weighted by molar-refractivity contribution is 6.01. The van der Waals surface area contributed by atoms with E-state index in [2.05, 4.69) is 15.6 Å². The number of hydrogen-bond donors (Lipinski definition) is 1. The molecule has 8 heteroatoms. The van der Waals surface area contributed by atoms with Crippen LogP contribution in [0.15, 0.2) is 53.3 Å². The molecular formula is C23H24N4O4. The fraction of sp³-hybridized carbons (Fsp3) is 0.348. The molecule has 0 unspecified atom stereocenters. The van der Waals surface area contributed by atoms with Crippen molar-refractivity contribution >= 4 is 28.5 Å². The van der Waals surface area contributed by atoms with Crippen molar-refractivity contribution in [3.63, 3.8) is 0 Å². The molecule has 0 bridgehead atoms. The van der Waals surface area contributed by atoms with Gasteiger partial charge in [0.2, 0.25) is 5.91 Å². The van der Waals surface area contributed by atoms with E-state index in [1.165, 1.54) is 11.8 Å². The van der Waals surface area contributed by atoms with Crippen molar-refractivity contribution in [1.82, 2.24) is 15.0 Å². The molecule has 1 heterocycles. The highest BCUT2D eigenvalue weighted by Gasteiger charge is 2.28. The lowest BCUT2D eigenvalue weighted by Crippen LogP contribution is -2.32. The summed E-state index contributed by atoms with van der Waals surface area (Å²) in [5, 5.41) is 11.7. The van der Waals surface area contributed by atoms with E-state index in [0.29, 0.717) is 41.5 Å². The number of hydrogen-bond acceptors (Lipinski definition) is 6. The van der Waals surface area contributed by atoms with Gasteiger partial charge in [-0.15, -0.1) is 5.10 Å². The molecule has 1 N–H and O–H groups in total. The third-order valence-corrected chi connectivity index (χ3v) is 5.87. The summed E-state index contributed by atoms with van der Waals surface area (Å²) in [5.41, 5.74) is 1.25. The molecular weight excluding hydrogens is 396 g/mol. The standard InChI is InChI=1S/C23H24N4O4/c1-31-23(30)18-7-3-4-8-19(18)24-21(28)16-12-10-15(11-13-16)14-27-22(29)17-6-2-5-9-20(17)25-26-27/h2-9,15-16H,10-14H2,1H3,(H,24,28). The van der Waals surface area contributed by atoms with Gasteiger partial charge in [0, 0.05) is 12.5 Å². The summed E-state index contributed by atoms with van der Waals surface area (Å²) in [7, 11) is 1.31. The van der Waals surface area contributed by atoms with Crippen molar-refractivity contribution in [1.29, 1.82) is 0 Å². The van der Waals surface area contributed by atoms with E-state index in [-0.39, 0.29) is 23.3 Å². The summed E-state index contributed by atoms with van der Waals surface area (Å²) in [6.07, 6.45) is 3.06. The van der Waals surface area contributed by atoms with Gasteiger partial charge < -0.3 is 10.1 Å². The van der Waals surface area contributed by atoms with E-state index in [4.69, 9.17) is 4.74 Å². The van der Waals surface area contributed by atoms with Gasteiger partial charge >= 0.3 is 5.97 Å². The van der Waals surface area contributed by atoms with Crippen molar-refractivity contribution < 1.29 is 14.3 Å². The van der Waals surface area contributed by atoms with Crippen molar-refractivity contribution in [2.75, 3.05) is 12.4 Å². The zero-order valence-electron chi connectivity index (χ0n) is 17.3. The molecule has 4 rings (SSSR count). The van der Waals surface area contributed by atoms with Gasteiger partial charge in [-0.2, -0.15) is 0 Å². The number of nitrogens with one attached hydrogen (secondary N) is 1. The van der Waals surface area contributed by atoms with Crippen molar-refractivity contribution in [2.24, 2.45) is 11.8 Å². The van der Waals surface area contributed by atoms with Gasteiger partial charge in [0.15, 0.2) is 0 Å². The van der Waals surface area contributed by atoms with E-state index in [1.807, 2.05) is 12.1 Å². The molecule has 1 aliphatic rings. The predicted molar refractivity (Wildman–Crippen MR) is 116 cm³/mol. The van der Waals surface area contributed by atoms with Gasteiger partial charge in [-0.25, -0.2) is 9.48 Å². The number of para-hydroxylation sites is 1. The van der Waals surface area contributed by atoms with Gasteiger partial charge in [0.1, 0.15) is 5.52 Å². The second kappa shape index (κ2) is 9.07. The van der Waals surface area contributed by atoms with E-state index in [0.717, 1.165) is 12.8 Å². The summed E-state index contributed by atoms with van der Waals surface area (Å²) in [6, 6.07) is 14.0. The lowest BCUT2D eigenvalue weighted by atomic mass is 9.81. The van der Waals surface area contributed by atoms with Crippen molar-refractivity contribution in [3.8, 4) is 0 Å². The first-order valence-corrected chi connectivity index (χ1v) is 10.4. The third-order valence-electron chi connectivity index (χ3n) is 5.87. The summed E-state index contributed by atoms with van der Waals surface area (Å²) < 4.78 is 6.21. The average molecular weight is 420 g/mol. The quantitative estimate of drug-likeness (QED) is 0.637. The fourth-order valence-electron chi connectivity index (χ4n) is 4.11. The Hall–Kier alpha value is -3.55. The Labute approximate surface area is 179 Å². The first-order chi connectivity index (χ1) is 15.1. The number of anilines is 1. The maximum absolute atomic E-state index is 12.8. The molecule has 1 saturated carbocycles. The molecule has 160 valence electrons. The van der Waals surface area contributed by atoms with Crippen LogP contribution in [0.1, 0.15) is 36.0 Å². The highest BCUT2D eigenvalue weighted by Crippen LogP contribution is 2.31. The Bertz CT molecular complexity index is 1170. The third kappa shape index (κ3) is 4.47. The van der Waals surface area contributed by atoms with Gasteiger partial charge in [0.25, 0.3) is 5.56 Å². The number of esters is 1. The largest absolute Gasteiger partial charge is 0.465 e. The summed E-state index contributed by atoms with van der Waals surface area (Å²) in [6.45, 7) is 0.496. The van der Waals surface area contributed by atoms with Gasteiger partial charge in [0.05, 0.1) is 23.7 Å². The molecule has 0 radical (unpaired) electrons.